The molecular weight excluding hydrogens is 339 g/mol. The van der Waals surface area contributed by atoms with Crippen molar-refractivity contribution >= 4 is 17.1 Å². The minimum atomic E-state index is -4.68. The Morgan fingerprint density at radius 3 is 2.17 bits per heavy atom. The second kappa shape index (κ2) is 8.76. The van der Waals surface area contributed by atoms with E-state index in [-0.39, 0.29) is 5.56 Å². The zero-order chi connectivity index (χ0) is 18.4. The molecule has 1 aromatic rings. The van der Waals surface area contributed by atoms with E-state index in [1.807, 2.05) is 0 Å². The lowest BCUT2D eigenvalue weighted by Gasteiger charge is -2.20. The molecule has 0 aliphatic heterocycles. The van der Waals surface area contributed by atoms with Gasteiger partial charge in [-0.05, 0) is 51.5 Å². The summed E-state index contributed by atoms with van der Waals surface area (Å²) in [6, 6.07) is 5.54. The highest BCUT2D eigenvalue weighted by Crippen LogP contribution is 2.27. The summed E-state index contributed by atoms with van der Waals surface area (Å²) in [5.41, 5.74) is -1.26. The molecule has 0 radical (unpaired) electrons. The lowest BCUT2D eigenvalue weighted by molar-refractivity contribution is -0.0578. The molecule has 24 heavy (non-hydrogen) atoms. The van der Waals surface area contributed by atoms with E-state index >= 15 is 0 Å². The molecule has 0 saturated carbocycles. The van der Waals surface area contributed by atoms with Gasteiger partial charge in [0, 0.05) is 5.56 Å². The first-order valence-corrected chi connectivity index (χ1v) is 8.97. The van der Waals surface area contributed by atoms with Gasteiger partial charge in [0.15, 0.2) is 0 Å². The van der Waals surface area contributed by atoms with Gasteiger partial charge in [-0.3, -0.25) is 0 Å². The number of hydrogen-bond donors (Lipinski definition) is 0. The average Bonchev–Trinajstić information content (AvgIpc) is 2.47. The van der Waals surface area contributed by atoms with Crippen LogP contribution in [0.3, 0.4) is 0 Å². The highest BCUT2D eigenvalue weighted by Gasteiger charge is 2.41. The SMILES string of the molecule is CCCCCOc1ccc(C(=N[S+]([O-])C(C)(C)C)C(F)(F)F)cc1. The maximum absolute atomic E-state index is 13.2. The van der Waals surface area contributed by atoms with Crippen LogP contribution in [-0.4, -0.2) is 27.8 Å². The van der Waals surface area contributed by atoms with Crippen LogP contribution in [0.1, 0.15) is 52.5 Å². The second-order valence-electron chi connectivity index (χ2n) is 6.38. The molecule has 0 bridgehead atoms. The third kappa shape index (κ3) is 6.73. The quantitative estimate of drug-likeness (QED) is 0.386. The van der Waals surface area contributed by atoms with Crippen LogP contribution in [-0.2, 0) is 11.4 Å². The Balaban J connectivity index is 2.94. The van der Waals surface area contributed by atoms with Crippen LogP contribution < -0.4 is 4.74 Å². The van der Waals surface area contributed by atoms with E-state index < -0.39 is 28.0 Å². The Bertz CT molecular complexity index is 536. The molecule has 1 unspecified atom stereocenters. The van der Waals surface area contributed by atoms with Crippen LogP contribution in [0.5, 0.6) is 5.75 Å². The highest BCUT2D eigenvalue weighted by atomic mass is 32.2. The van der Waals surface area contributed by atoms with Crippen LogP contribution in [0.2, 0.25) is 0 Å². The van der Waals surface area contributed by atoms with E-state index in [0.717, 1.165) is 19.3 Å². The number of ether oxygens (including phenoxy) is 1. The number of nitrogens with zero attached hydrogens (tertiary/aromatic N) is 1. The summed E-state index contributed by atoms with van der Waals surface area (Å²) >= 11 is -1.99. The lowest BCUT2D eigenvalue weighted by Crippen LogP contribution is -2.31. The first-order chi connectivity index (χ1) is 11.1. The fraction of sp³-hybridized carbons (Fsp3) is 0.588. The molecule has 7 heteroatoms. The van der Waals surface area contributed by atoms with Crippen molar-refractivity contribution in [3.05, 3.63) is 29.8 Å². The predicted molar refractivity (Wildman–Crippen MR) is 91.9 cm³/mol. The summed E-state index contributed by atoms with van der Waals surface area (Å²) in [7, 11) is 0. The molecule has 1 rings (SSSR count). The van der Waals surface area contributed by atoms with Crippen molar-refractivity contribution in [3.63, 3.8) is 0 Å². The van der Waals surface area contributed by atoms with Crippen molar-refractivity contribution in [2.75, 3.05) is 6.61 Å². The van der Waals surface area contributed by atoms with Gasteiger partial charge < -0.3 is 9.29 Å². The smallest absolute Gasteiger partial charge is 0.438 e. The van der Waals surface area contributed by atoms with Crippen LogP contribution in [0.15, 0.2) is 28.7 Å². The van der Waals surface area contributed by atoms with Crippen LogP contribution in [0.4, 0.5) is 13.2 Å². The summed E-state index contributed by atoms with van der Waals surface area (Å²) in [5.74, 6) is 0.508. The molecular formula is C17H24F3NO2S. The Hall–Kier alpha value is -1.21. The molecule has 0 saturated heterocycles. The summed E-state index contributed by atoms with van der Waals surface area (Å²) in [4.78, 5) is 0. The summed E-state index contributed by atoms with van der Waals surface area (Å²) in [6.45, 7) is 7.34. The van der Waals surface area contributed by atoms with Gasteiger partial charge in [-0.25, -0.2) is 0 Å². The molecule has 0 fully saturated rings. The number of hydrogen-bond acceptors (Lipinski definition) is 3. The van der Waals surface area contributed by atoms with Gasteiger partial charge >= 0.3 is 6.18 Å². The number of rotatable bonds is 7. The Kier molecular flexibility index (Phi) is 7.60. The number of alkyl halides is 3. The zero-order valence-corrected chi connectivity index (χ0v) is 15.3. The third-order valence-corrected chi connectivity index (χ3v) is 4.51. The molecule has 0 aliphatic rings. The van der Waals surface area contributed by atoms with E-state index in [9.17, 15) is 17.7 Å². The molecule has 0 aliphatic carbocycles. The molecule has 1 atom stereocenters. The Morgan fingerprint density at radius 1 is 1.12 bits per heavy atom. The van der Waals surface area contributed by atoms with Crippen molar-refractivity contribution < 1.29 is 22.5 Å². The molecule has 0 heterocycles. The maximum atomic E-state index is 13.2. The van der Waals surface area contributed by atoms with Gasteiger partial charge in [-0.2, -0.15) is 13.2 Å². The van der Waals surface area contributed by atoms with Crippen LogP contribution in [0, 0.1) is 0 Å². The monoisotopic (exact) mass is 363 g/mol. The van der Waals surface area contributed by atoms with Gasteiger partial charge in [-0.1, -0.05) is 24.2 Å². The number of halogens is 3. The maximum Gasteiger partial charge on any atom is 0.438 e. The summed E-state index contributed by atoms with van der Waals surface area (Å²) in [5, 5.41) is 0. The van der Waals surface area contributed by atoms with Gasteiger partial charge in [0.05, 0.1) is 6.61 Å². The van der Waals surface area contributed by atoms with Crippen molar-refractivity contribution in [2.24, 2.45) is 4.40 Å². The van der Waals surface area contributed by atoms with Gasteiger partial charge in [0.2, 0.25) is 5.71 Å². The predicted octanol–water partition coefficient (Wildman–Crippen LogP) is 5.07. The Morgan fingerprint density at radius 2 is 1.71 bits per heavy atom. The first kappa shape index (κ1) is 20.8. The van der Waals surface area contributed by atoms with Crippen molar-refractivity contribution in [1.82, 2.24) is 0 Å². The van der Waals surface area contributed by atoms with Gasteiger partial charge in [-0.15, -0.1) is 0 Å². The third-order valence-electron chi connectivity index (χ3n) is 3.11. The van der Waals surface area contributed by atoms with Crippen molar-refractivity contribution in [1.29, 1.82) is 0 Å². The summed E-state index contributed by atoms with van der Waals surface area (Å²) in [6.07, 6.45) is -1.66. The molecule has 136 valence electrons. The first-order valence-electron chi connectivity index (χ1n) is 7.87. The lowest BCUT2D eigenvalue weighted by atomic mass is 10.1. The van der Waals surface area contributed by atoms with E-state index in [2.05, 4.69) is 11.3 Å². The number of benzene rings is 1. The van der Waals surface area contributed by atoms with E-state index in [1.54, 1.807) is 20.8 Å². The van der Waals surface area contributed by atoms with Gasteiger partial charge in [0.25, 0.3) is 0 Å². The molecule has 0 N–H and O–H groups in total. The minimum Gasteiger partial charge on any atom is -0.591 e. The van der Waals surface area contributed by atoms with E-state index in [1.165, 1.54) is 24.3 Å². The Labute approximate surface area is 144 Å². The standard InChI is InChI=1S/C17H24F3NO2S/c1-5-6-7-12-23-14-10-8-13(9-11-14)15(17(18,19)20)21-24(22)16(2,3)4/h8-11H,5-7,12H2,1-4H3. The zero-order valence-electron chi connectivity index (χ0n) is 14.4. The second-order valence-corrected chi connectivity index (χ2v) is 8.28. The van der Waals surface area contributed by atoms with Gasteiger partial charge in [0.1, 0.15) is 21.9 Å². The van der Waals surface area contributed by atoms with Crippen molar-refractivity contribution in [3.8, 4) is 5.75 Å². The topological polar surface area (TPSA) is 44.6 Å². The molecule has 0 spiro atoms. The fourth-order valence-corrected chi connectivity index (χ4v) is 2.39. The molecule has 3 nitrogen and oxygen atoms in total. The fourth-order valence-electron chi connectivity index (χ4n) is 1.74. The van der Waals surface area contributed by atoms with Crippen LogP contribution in [0.25, 0.3) is 0 Å². The molecule has 1 aromatic carbocycles. The van der Waals surface area contributed by atoms with Crippen LogP contribution >= 0.6 is 0 Å². The highest BCUT2D eigenvalue weighted by molar-refractivity contribution is 7.91. The largest absolute Gasteiger partial charge is 0.591 e. The van der Waals surface area contributed by atoms with E-state index in [4.69, 9.17) is 4.74 Å². The molecule has 0 aromatic heterocycles. The summed E-state index contributed by atoms with van der Waals surface area (Å²) < 4.78 is 59.7. The number of unbranched alkanes of at least 4 members (excludes halogenated alkanes) is 2. The minimum absolute atomic E-state index is 0.124. The normalized spacial score (nSPS) is 14.6. The van der Waals surface area contributed by atoms with Crippen molar-refractivity contribution in [2.45, 2.75) is 57.9 Å². The molecule has 0 amide bonds. The van der Waals surface area contributed by atoms with E-state index in [0.29, 0.717) is 12.4 Å². The average molecular weight is 363 g/mol.